The molecule has 5 heteroatoms. The Kier molecular flexibility index (Phi) is 5.00. The summed E-state index contributed by atoms with van der Waals surface area (Å²) in [4.78, 5) is 24.5. The molecular formula is C19H26N4O. The molecule has 0 radical (unpaired) electrons. The molecule has 1 saturated carbocycles. The highest BCUT2D eigenvalue weighted by atomic mass is 16.2. The first-order chi connectivity index (χ1) is 11.6. The SMILES string of the molecule is Cc1[nH]cnc1CN(CCN(C)C)C(=O)[C@@H]1C[C@H]1c1ccccc1. The Labute approximate surface area is 143 Å². The second kappa shape index (κ2) is 7.18. The molecular weight excluding hydrogens is 300 g/mol. The largest absolute Gasteiger partial charge is 0.348 e. The van der Waals surface area contributed by atoms with Crippen LogP contribution in [0, 0.1) is 12.8 Å². The Morgan fingerprint density at radius 2 is 2.00 bits per heavy atom. The van der Waals surface area contributed by atoms with Crippen molar-refractivity contribution in [2.24, 2.45) is 5.92 Å². The summed E-state index contributed by atoms with van der Waals surface area (Å²) in [6, 6.07) is 10.4. The maximum atomic E-state index is 13.0. The number of likely N-dealkylation sites (N-methyl/N-ethyl adjacent to an activating group) is 1. The minimum absolute atomic E-state index is 0.119. The summed E-state index contributed by atoms with van der Waals surface area (Å²) in [6.45, 7) is 4.18. The van der Waals surface area contributed by atoms with Gasteiger partial charge in [-0.05, 0) is 38.9 Å². The maximum Gasteiger partial charge on any atom is 0.226 e. The van der Waals surface area contributed by atoms with Crippen LogP contribution in [0.3, 0.4) is 0 Å². The standard InChI is InChI=1S/C19H26N4O/c1-14-18(21-13-20-14)12-23(10-9-22(2)3)19(24)17-11-16(17)15-7-5-4-6-8-15/h4-8,13,16-17H,9-12H2,1-3H3,(H,20,21)/t16-,17+/m0/s1. The summed E-state index contributed by atoms with van der Waals surface area (Å²) >= 11 is 0. The first-order valence-electron chi connectivity index (χ1n) is 8.53. The zero-order valence-electron chi connectivity index (χ0n) is 14.7. The van der Waals surface area contributed by atoms with Crippen LogP contribution in [0.2, 0.25) is 0 Å². The smallest absolute Gasteiger partial charge is 0.226 e. The molecule has 2 atom stereocenters. The monoisotopic (exact) mass is 326 g/mol. The van der Waals surface area contributed by atoms with E-state index < -0.39 is 0 Å². The van der Waals surface area contributed by atoms with Gasteiger partial charge in [-0.2, -0.15) is 0 Å². The molecule has 128 valence electrons. The number of benzene rings is 1. The predicted molar refractivity (Wildman–Crippen MR) is 94.6 cm³/mol. The van der Waals surface area contributed by atoms with Crippen molar-refractivity contribution in [3.05, 3.63) is 53.6 Å². The van der Waals surface area contributed by atoms with Crippen molar-refractivity contribution in [2.45, 2.75) is 25.8 Å². The molecule has 5 nitrogen and oxygen atoms in total. The van der Waals surface area contributed by atoms with Crippen molar-refractivity contribution in [3.8, 4) is 0 Å². The predicted octanol–water partition coefficient (Wildman–Crippen LogP) is 2.41. The summed E-state index contributed by atoms with van der Waals surface area (Å²) in [7, 11) is 4.07. The molecule has 1 aromatic heterocycles. The molecule has 0 unspecified atom stereocenters. The minimum atomic E-state index is 0.119. The van der Waals surface area contributed by atoms with Crippen LogP contribution >= 0.6 is 0 Å². The molecule has 2 aromatic rings. The average Bonchev–Trinajstić information content (AvgIpc) is 3.28. The number of carbonyl (C=O) groups is 1. The average molecular weight is 326 g/mol. The van der Waals surface area contributed by atoms with Gasteiger partial charge in [0, 0.05) is 24.7 Å². The third-order valence-corrected chi connectivity index (χ3v) is 4.74. The zero-order valence-corrected chi connectivity index (χ0v) is 14.7. The number of H-pyrrole nitrogens is 1. The molecule has 3 rings (SSSR count). The van der Waals surface area contributed by atoms with Crippen LogP contribution in [0.1, 0.15) is 29.3 Å². The van der Waals surface area contributed by atoms with Gasteiger partial charge in [-0.3, -0.25) is 4.79 Å². The van der Waals surface area contributed by atoms with Crippen molar-refractivity contribution >= 4 is 5.91 Å². The number of aryl methyl sites for hydroxylation is 1. The highest BCUT2D eigenvalue weighted by molar-refractivity contribution is 5.83. The molecule has 1 heterocycles. The van der Waals surface area contributed by atoms with Crippen LogP contribution in [0.4, 0.5) is 0 Å². The van der Waals surface area contributed by atoms with Crippen LogP contribution in [-0.2, 0) is 11.3 Å². The zero-order chi connectivity index (χ0) is 17.1. The Bertz CT molecular complexity index is 680. The number of imidazole rings is 1. The van der Waals surface area contributed by atoms with E-state index in [-0.39, 0.29) is 11.8 Å². The van der Waals surface area contributed by atoms with E-state index in [2.05, 4.69) is 27.0 Å². The number of amides is 1. The Morgan fingerprint density at radius 3 is 2.62 bits per heavy atom. The fraction of sp³-hybridized carbons (Fsp3) is 0.474. The third kappa shape index (κ3) is 3.85. The second-order valence-corrected chi connectivity index (χ2v) is 6.90. The van der Waals surface area contributed by atoms with Gasteiger partial charge < -0.3 is 14.8 Å². The molecule has 1 aromatic carbocycles. The molecule has 0 aliphatic heterocycles. The number of hydrogen-bond acceptors (Lipinski definition) is 3. The fourth-order valence-corrected chi connectivity index (χ4v) is 3.09. The Morgan fingerprint density at radius 1 is 1.25 bits per heavy atom. The second-order valence-electron chi connectivity index (χ2n) is 6.90. The quantitative estimate of drug-likeness (QED) is 0.850. The van der Waals surface area contributed by atoms with E-state index >= 15 is 0 Å². The van der Waals surface area contributed by atoms with Gasteiger partial charge >= 0.3 is 0 Å². The van der Waals surface area contributed by atoms with Gasteiger partial charge in [0.1, 0.15) is 0 Å². The summed E-state index contributed by atoms with van der Waals surface area (Å²) in [5, 5.41) is 0. The lowest BCUT2D eigenvalue weighted by Gasteiger charge is -2.24. The highest BCUT2D eigenvalue weighted by Crippen LogP contribution is 2.48. The lowest BCUT2D eigenvalue weighted by atomic mass is 10.1. The van der Waals surface area contributed by atoms with Gasteiger partial charge in [0.25, 0.3) is 0 Å². The van der Waals surface area contributed by atoms with E-state index in [4.69, 9.17) is 0 Å². The number of nitrogens with zero attached hydrogens (tertiary/aromatic N) is 3. The number of carbonyl (C=O) groups excluding carboxylic acids is 1. The Hall–Kier alpha value is -2.14. The van der Waals surface area contributed by atoms with Crippen LogP contribution in [0.5, 0.6) is 0 Å². The van der Waals surface area contributed by atoms with Crippen molar-refractivity contribution in [1.82, 2.24) is 19.8 Å². The number of aromatic nitrogens is 2. The first kappa shape index (κ1) is 16.7. The third-order valence-electron chi connectivity index (χ3n) is 4.74. The van der Waals surface area contributed by atoms with Gasteiger partial charge in [-0.15, -0.1) is 0 Å². The molecule has 1 fully saturated rings. The molecule has 24 heavy (non-hydrogen) atoms. The summed E-state index contributed by atoms with van der Waals surface area (Å²) in [5.74, 6) is 0.753. The van der Waals surface area contributed by atoms with E-state index in [1.807, 2.05) is 44.1 Å². The van der Waals surface area contributed by atoms with Crippen LogP contribution in [0.25, 0.3) is 0 Å². The summed E-state index contributed by atoms with van der Waals surface area (Å²) < 4.78 is 0. The normalized spacial score (nSPS) is 19.5. The molecule has 1 aliphatic carbocycles. The van der Waals surface area contributed by atoms with Crippen molar-refractivity contribution in [1.29, 1.82) is 0 Å². The molecule has 0 bridgehead atoms. The topological polar surface area (TPSA) is 52.2 Å². The van der Waals surface area contributed by atoms with Crippen LogP contribution in [0.15, 0.2) is 36.7 Å². The Balaban J connectivity index is 1.68. The van der Waals surface area contributed by atoms with Crippen molar-refractivity contribution in [2.75, 3.05) is 27.2 Å². The lowest BCUT2D eigenvalue weighted by Crippen LogP contribution is -2.37. The number of aromatic amines is 1. The van der Waals surface area contributed by atoms with E-state index in [9.17, 15) is 4.79 Å². The summed E-state index contributed by atoms with van der Waals surface area (Å²) in [6.07, 6.45) is 2.66. The minimum Gasteiger partial charge on any atom is -0.348 e. The number of rotatable bonds is 7. The van der Waals surface area contributed by atoms with Crippen molar-refractivity contribution < 1.29 is 4.79 Å². The van der Waals surface area contributed by atoms with Crippen LogP contribution < -0.4 is 0 Å². The highest BCUT2D eigenvalue weighted by Gasteiger charge is 2.45. The molecule has 1 aliphatic rings. The van der Waals surface area contributed by atoms with E-state index in [0.717, 1.165) is 30.9 Å². The molecule has 1 N–H and O–H groups in total. The van der Waals surface area contributed by atoms with Crippen LogP contribution in [-0.4, -0.2) is 52.9 Å². The van der Waals surface area contributed by atoms with Crippen molar-refractivity contribution in [3.63, 3.8) is 0 Å². The fourth-order valence-electron chi connectivity index (χ4n) is 3.09. The van der Waals surface area contributed by atoms with Gasteiger partial charge in [-0.25, -0.2) is 4.98 Å². The van der Waals surface area contributed by atoms with E-state index in [0.29, 0.717) is 12.5 Å². The van der Waals surface area contributed by atoms with Gasteiger partial charge in [-0.1, -0.05) is 30.3 Å². The molecule has 0 saturated heterocycles. The first-order valence-corrected chi connectivity index (χ1v) is 8.53. The van der Waals surface area contributed by atoms with Gasteiger partial charge in [0.2, 0.25) is 5.91 Å². The number of nitrogens with one attached hydrogen (secondary N) is 1. The van der Waals surface area contributed by atoms with E-state index in [1.54, 1.807) is 6.33 Å². The maximum absolute atomic E-state index is 13.0. The van der Waals surface area contributed by atoms with Gasteiger partial charge in [0.05, 0.1) is 18.6 Å². The molecule has 1 amide bonds. The molecule has 0 spiro atoms. The van der Waals surface area contributed by atoms with Gasteiger partial charge in [0.15, 0.2) is 0 Å². The lowest BCUT2D eigenvalue weighted by molar-refractivity contribution is -0.133. The van der Waals surface area contributed by atoms with E-state index in [1.165, 1.54) is 5.56 Å². The summed E-state index contributed by atoms with van der Waals surface area (Å²) in [5.41, 5.74) is 3.27. The number of hydrogen-bond donors (Lipinski definition) is 1.